The highest BCUT2D eigenvalue weighted by molar-refractivity contribution is 7.47. The van der Waals surface area contributed by atoms with Crippen LogP contribution in [0, 0.1) is 0 Å². The van der Waals surface area contributed by atoms with E-state index in [4.69, 9.17) is 51.2 Å². The molecule has 0 aromatic heterocycles. The molecule has 12 nitrogen and oxygen atoms in total. The van der Waals surface area contributed by atoms with E-state index >= 15 is 0 Å². The minimum atomic E-state index is -4.31. The minimum absolute atomic E-state index is 0.0416. The number of para-hydroxylation sites is 2. The molecular weight excluding hydrogens is 804 g/mol. The van der Waals surface area contributed by atoms with Crippen LogP contribution in [0.2, 0.25) is 10.0 Å². The Morgan fingerprint density at radius 2 is 1.34 bits per heavy atom. The summed E-state index contributed by atoms with van der Waals surface area (Å²) < 4.78 is 45.5. The van der Waals surface area contributed by atoms with E-state index in [0.29, 0.717) is 34.6 Å². The van der Waals surface area contributed by atoms with Gasteiger partial charge in [-0.05, 0) is 43.8 Å². The number of hydrogen-bond acceptors (Lipinski definition) is 10. The molecule has 2 aromatic rings. The number of carbonyl (C=O) groups excluding carboxylic acids is 1. The first-order chi connectivity index (χ1) is 28.1. The number of rotatable bonds is 38. The smallest absolute Gasteiger partial charge is 0.355 e. The number of nitrogens with zero attached hydrogens (tertiary/aromatic N) is 1. The van der Waals surface area contributed by atoms with Crippen LogP contribution in [0.3, 0.4) is 0 Å². The Kier molecular flexibility index (Phi) is 30.6. The molecule has 0 fully saturated rings. The maximum Gasteiger partial charge on any atom is 0.472 e. The van der Waals surface area contributed by atoms with Crippen LogP contribution >= 0.6 is 31.0 Å². The van der Waals surface area contributed by atoms with Gasteiger partial charge in [0, 0.05) is 25.4 Å². The molecule has 0 bridgehead atoms. The van der Waals surface area contributed by atoms with Crippen molar-refractivity contribution in [1.82, 2.24) is 10.2 Å². The first-order valence-corrected chi connectivity index (χ1v) is 23.6. The topological polar surface area (TPSA) is 137 Å². The van der Waals surface area contributed by atoms with E-state index in [1.165, 1.54) is 83.5 Å². The lowest BCUT2D eigenvalue weighted by atomic mass is 10.0. The van der Waals surface area contributed by atoms with E-state index in [2.05, 4.69) is 17.6 Å². The van der Waals surface area contributed by atoms with Crippen LogP contribution in [0.5, 0.6) is 0 Å². The number of nitrogens with one attached hydrogen (secondary N) is 2. The molecule has 332 valence electrons. The standard InChI is InChI=1S/C43H72Cl2N3O9P/c1-4-6-7-8-9-10-11-12-13-14-15-16-17-18-21-29-52-35-54-33-38(34-57-58(50,51)56-31-28-48(3)5-2)55-36-53-30-27-46-42(49)32-37-23-19-20-26-41(37)47-43-39(44)24-22-25-40(43)45/h19-20,22-26,38,47H,4-18,21,27-36H2,1-3H3,(H,46,49)(H,50,51). The molecule has 58 heavy (non-hydrogen) atoms. The zero-order valence-electron chi connectivity index (χ0n) is 35.4. The number of unbranched alkanes of at least 4 members (excludes halogenated alkanes) is 14. The van der Waals surface area contributed by atoms with Gasteiger partial charge >= 0.3 is 7.82 Å². The predicted octanol–water partition coefficient (Wildman–Crippen LogP) is 10.7. The molecule has 0 heterocycles. The van der Waals surface area contributed by atoms with E-state index < -0.39 is 13.9 Å². The maximum absolute atomic E-state index is 12.8. The van der Waals surface area contributed by atoms with Crippen molar-refractivity contribution in [2.24, 2.45) is 0 Å². The minimum Gasteiger partial charge on any atom is -0.355 e. The number of phosphoric ester groups is 1. The van der Waals surface area contributed by atoms with E-state index in [1.54, 1.807) is 18.2 Å². The molecule has 1 amide bonds. The Hall–Kier alpha value is -1.80. The van der Waals surface area contributed by atoms with Crippen LogP contribution in [0.1, 0.15) is 116 Å². The van der Waals surface area contributed by atoms with Crippen molar-refractivity contribution < 1.29 is 42.2 Å². The number of ether oxygens (including phenoxy) is 4. The molecular formula is C43H72Cl2N3O9P. The molecule has 15 heteroatoms. The maximum atomic E-state index is 12.8. The highest BCUT2D eigenvalue weighted by Crippen LogP contribution is 2.43. The van der Waals surface area contributed by atoms with Crippen LogP contribution in [0.15, 0.2) is 42.5 Å². The lowest BCUT2D eigenvalue weighted by Gasteiger charge is -2.20. The number of phosphoric acid groups is 1. The Balaban J connectivity index is 1.64. The molecule has 0 spiro atoms. The van der Waals surface area contributed by atoms with Crippen molar-refractivity contribution in [2.45, 2.75) is 123 Å². The predicted molar refractivity (Wildman–Crippen MR) is 235 cm³/mol. The summed E-state index contributed by atoms with van der Waals surface area (Å²) in [4.78, 5) is 24.9. The number of benzene rings is 2. The number of amides is 1. The zero-order chi connectivity index (χ0) is 42.1. The monoisotopic (exact) mass is 875 g/mol. The molecule has 3 N–H and O–H groups in total. The second-order valence-corrected chi connectivity index (χ2v) is 16.8. The van der Waals surface area contributed by atoms with Gasteiger partial charge in [0.2, 0.25) is 5.91 Å². The average molecular weight is 877 g/mol. The van der Waals surface area contributed by atoms with Crippen molar-refractivity contribution in [3.8, 4) is 0 Å². The molecule has 0 saturated heterocycles. The second kappa shape index (κ2) is 33.9. The fourth-order valence-corrected chi connectivity index (χ4v) is 7.19. The molecule has 2 aromatic carbocycles. The van der Waals surface area contributed by atoms with Crippen molar-refractivity contribution in [3.05, 3.63) is 58.1 Å². The van der Waals surface area contributed by atoms with E-state index in [9.17, 15) is 14.3 Å². The Labute approximate surface area is 358 Å². The first kappa shape index (κ1) is 52.3. The third kappa shape index (κ3) is 26.4. The van der Waals surface area contributed by atoms with Gasteiger partial charge in [0.25, 0.3) is 0 Å². The van der Waals surface area contributed by atoms with Crippen molar-refractivity contribution in [2.75, 3.05) is 78.6 Å². The summed E-state index contributed by atoms with van der Waals surface area (Å²) in [5.74, 6) is -0.197. The largest absolute Gasteiger partial charge is 0.472 e. The average Bonchev–Trinajstić information content (AvgIpc) is 3.20. The summed E-state index contributed by atoms with van der Waals surface area (Å²) in [7, 11) is -2.42. The highest BCUT2D eigenvalue weighted by atomic mass is 35.5. The SMILES string of the molecule is CCCCCCCCCCCCCCCCCOCOCC(COP(=O)(O)OCCN(C)CC)OCOCCNC(=O)Cc1ccccc1Nc1c(Cl)cccc1Cl. The Bertz CT molecular complexity index is 1380. The number of hydrogen-bond donors (Lipinski definition) is 3. The van der Waals surface area contributed by atoms with Gasteiger partial charge in [-0.2, -0.15) is 0 Å². The molecule has 0 aliphatic heterocycles. The fraction of sp³-hybridized carbons (Fsp3) is 0.698. The van der Waals surface area contributed by atoms with Gasteiger partial charge in [-0.25, -0.2) is 4.57 Å². The summed E-state index contributed by atoms with van der Waals surface area (Å²) in [5, 5.41) is 7.02. The van der Waals surface area contributed by atoms with Crippen molar-refractivity contribution in [3.63, 3.8) is 0 Å². The van der Waals surface area contributed by atoms with Crippen LogP contribution < -0.4 is 10.6 Å². The Morgan fingerprint density at radius 1 is 0.741 bits per heavy atom. The molecule has 0 saturated carbocycles. The normalized spacial score (nSPS) is 13.2. The molecule has 0 radical (unpaired) electrons. The number of halogens is 2. The van der Waals surface area contributed by atoms with Crippen LogP contribution in [-0.4, -0.2) is 95.1 Å². The van der Waals surface area contributed by atoms with Gasteiger partial charge in [0.1, 0.15) is 19.7 Å². The fourth-order valence-electron chi connectivity index (χ4n) is 5.95. The van der Waals surface area contributed by atoms with Gasteiger partial charge in [0.15, 0.2) is 0 Å². The molecule has 0 aliphatic rings. The number of likely N-dealkylation sites (N-methyl/N-ethyl adjacent to an activating group) is 1. The summed E-state index contributed by atoms with van der Waals surface area (Å²) in [6, 6.07) is 12.7. The van der Waals surface area contributed by atoms with Crippen molar-refractivity contribution in [1.29, 1.82) is 0 Å². The zero-order valence-corrected chi connectivity index (χ0v) is 37.8. The van der Waals surface area contributed by atoms with E-state index in [0.717, 1.165) is 24.9 Å². The third-order valence-corrected chi connectivity index (χ3v) is 11.2. The number of carbonyl (C=O) groups is 1. The van der Waals surface area contributed by atoms with E-state index in [1.807, 2.05) is 43.1 Å². The van der Waals surface area contributed by atoms with Crippen LogP contribution in [0.25, 0.3) is 0 Å². The lowest BCUT2D eigenvalue weighted by molar-refractivity contribution is -0.143. The van der Waals surface area contributed by atoms with Gasteiger partial charge in [-0.1, -0.05) is 151 Å². The van der Waals surface area contributed by atoms with E-state index in [-0.39, 0.29) is 58.9 Å². The van der Waals surface area contributed by atoms with Gasteiger partial charge < -0.3 is 39.4 Å². The molecule has 2 rings (SSSR count). The third-order valence-electron chi connectivity index (χ3n) is 9.60. The number of anilines is 2. The van der Waals surface area contributed by atoms with Gasteiger partial charge in [-0.3, -0.25) is 13.8 Å². The summed E-state index contributed by atoms with van der Waals surface area (Å²) in [5.41, 5.74) is 2.05. The molecule has 0 aliphatic carbocycles. The lowest BCUT2D eigenvalue weighted by Crippen LogP contribution is -2.30. The quantitative estimate of drug-likeness (QED) is 0.0338. The molecule has 2 atom stereocenters. The van der Waals surface area contributed by atoms with Gasteiger partial charge in [-0.15, -0.1) is 0 Å². The highest BCUT2D eigenvalue weighted by Gasteiger charge is 2.24. The van der Waals surface area contributed by atoms with Crippen LogP contribution in [0.4, 0.5) is 11.4 Å². The van der Waals surface area contributed by atoms with Gasteiger partial charge in [0.05, 0.1) is 48.6 Å². The Morgan fingerprint density at radius 3 is 1.98 bits per heavy atom. The molecule has 2 unspecified atom stereocenters. The summed E-state index contributed by atoms with van der Waals surface area (Å²) in [6.45, 7) is 6.25. The first-order valence-electron chi connectivity index (χ1n) is 21.4. The van der Waals surface area contributed by atoms with Crippen molar-refractivity contribution >= 4 is 48.3 Å². The summed E-state index contributed by atoms with van der Waals surface area (Å²) >= 11 is 12.6. The summed E-state index contributed by atoms with van der Waals surface area (Å²) in [6.07, 6.45) is 19.0. The van der Waals surface area contributed by atoms with Crippen LogP contribution in [-0.2, 0) is 43.8 Å². The second-order valence-electron chi connectivity index (χ2n) is 14.6.